The van der Waals surface area contributed by atoms with E-state index in [4.69, 9.17) is 16.3 Å². The number of nitriles is 1. The number of ether oxygens (including phenoxy) is 1. The van der Waals surface area contributed by atoms with Gasteiger partial charge in [0, 0.05) is 19.3 Å². The van der Waals surface area contributed by atoms with E-state index in [2.05, 4.69) is 9.97 Å². The number of hydrogen-bond donors (Lipinski definition) is 0. The zero-order valence-electron chi connectivity index (χ0n) is 16.1. The molecule has 2 fully saturated rings. The number of fused-ring (bicyclic) bond motifs is 2. The third kappa shape index (κ3) is 4.00. The number of rotatable bonds is 2. The zero-order chi connectivity index (χ0) is 20.9. The lowest BCUT2D eigenvalue weighted by molar-refractivity contribution is 0.0122. The molecular formula is C17H22ClN5O4S. The molecule has 2 aliphatic rings. The Bertz CT molecular complexity index is 940. The molecule has 3 rings (SSSR count). The molecule has 1 aromatic heterocycles. The first-order valence-corrected chi connectivity index (χ1v) is 11.1. The molecule has 0 aliphatic carbocycles. The van der Waals surface area contributed by atoms with Gasteiger partial charge < -0.3 is 9.64 Å². The fourth-order valence-corrected chi connectivity index (χ4v) is 4.35. The number of nitrogens with zero attached hydrogens (tertiary/aromatic N) is 5. The highest BCUT2D eigenvalue weighted by Crippen LogP contribution is 2.35. The Hall–Kier alpha value is -2.12. The molecule has 0 radical (unpaired) electrons. The molecule has 1 amide bonds. The standard InChI is InChI=1S/C17H22ClN5O4S/c1-17(2,3)27-16(24)23-10-5-6-11(23)9-22(8-10)14-12(7-19)13(18)20-15(21-14)28(4,25)26/h10-11H,5-6,8-9H2,1-4H3/t10-,11+. The van der Waals surface area contributed by atoms with Gasteiger partial charge in [-0.3, -0.25) is 4.90 Å². The van der Waals surface area contributed by atoms with Crippen molar-refractivity contribution in [3.63, 3.8) is 0 Å². The number of halogens is 1. The van der Waals surface area contributed by atoms with Gasteiger partial charge in [-0.15, -0.1) is 0 Å². The molecule has 28 heavy (non-hydrogen) atoms. The number of aromatic nitrogens is 2. The second-order valence-electron chi connectivity index (χ2n) is 8.06. The Morgan fingerprint density at radius 2 is 1.82 bits per heavy atom. The van der Waals surface area contributed by atoms with Crippen LogP contribution in [0.25, 0.3) is 0 Å². The number of carbonyl (C=O) groups excluding carboxylic acids is 1. The van der Waals surface area contributed by atoms with Crippen LogP contribution in [0.15, 0.2) is 5.16 Å². The predicted molar refractivity (Wildman–Crippen MR) is 102 cm³/mol. The Morgan fingerprint density at radius 3 is 2.29 bits per heavy atom. The predicted octanol–water partition coefficient (Wildman–Crippen LogP) is 1.99. The quantitative estimate of drug-likeness (QED) is 0.519. The second kappa shape index (κ2) is 7.04. The maximum absolute atomic E-state index is 12.6. The molecule has 0 saturated carbocycles. The normalized spacial score (nSPS) is 22.1. The van der Waals surface area contributed by atoms with Crippen molar-refractivity contribution in [3.8, 4) is 6.07 Å². The van der Waals surface area contributed by atoms with Crippen molar-refractivity contribution in [3.05, 3.63) is 10.7 Å². The van der Waals surface area contributed by atoms with E-state index in [0.29, 0.717) is 13.1 Å². The summed E-state index contributed by atoms with van der Waals surface area (Å²) in [4.78, 5) is 24.0. The highest BCUT2D eigenvalue weighted by molar-refractivity contribution is 7.90. The Kier molecular flexibility index (Phi) is 5.18. The van der Waals surface area contributed by atoms with Gasteiger partial charge in [0.05, 0.1) is 12.1 Å². The summed E-state index contributed by atoms with van der Waals surface area (Å²) in [6.45, 7) is 6.26. The summed E-state index contributed by atoms with van der Waals surface area (Å²) in [5.41, 5.74) is -0.564. The number of carbonyl (C=O) groups is 1. The van der Waals surface area contributed by atoms with Crippen LogP contribution in [0, 0.1) is 11.3 Å². The van der Waals surface area contributed by atoms with Gasteiger partial charge in [-0.25, -0.2) is 18.2 Å². The summed E-state index contributed by atoms with van der Waals surface area (Å²) in [7, 11) is -3.69. The van der Waals surface area contributed by atoms with Gasteiger partial charge in [0.15, 0.2) is 11.0 Å². The van der Waals surface area contributed by atoms with Crippen molar-refractivity contribution < 1.29 is 17.9 Å². The topological polar surface area (TPSA) is 116 Å². The lowest BCUT2D eigenvalue weighted by Crippen LogP contribution is -2.57. The molecule has 2 saturated heterocycles. The number of amides is 1. The summed E-state index contributed by atoms with van der Waals surface area (Å²) in [6, 6.07) is 1.73. The summed E-state index contributed by atoms with van der Waals surface area (Å²) in [5, 5.41) is 8.84. The molecule has 0 N–H and O–H groups in total. The van der Waals surface area contributed by atoms with Crippen LogP contribution in [-0.4, -0.2) is 66.4 Å². The van der Waals surface area contributed by atoms with Gasteiger partial charge >= 0.3 is 6.09 Å². The lowest BCUT2D eigenvalue weighted by atomic mass is 10.1. The van der Waals surface area contributed by atoms with Crippen LogP contribution in [0.4, 0.5) is 10.6 Å². The SMILES string of the molecule is CC(C)(C)OC(=O)N1[C@@H]2CC[C@H]1CN(c1nc(S(C)(=O)=O)nc(Cl)c1C#N)C2. The highest BCUT2D eigenvalue weighted by atomic mass is 35.5. The van der Waals surface area contributed by atoms with Crippen molar-refractivity contribution in [2.75, 3.05) is 24.2 Å². The highest BCUT2D eigenvalue weighted by Gasteiger charge is 2.45. The summed E-state index contributed by atoms with van der Waals surface area (Å²) < 4.78 is 29.3. The third-order valence-corrected chi connectivity index (χ3v) is 5.77. The first-order chi connectivity index (χ1) is 12.9. The van der Waals surface area contributed by atoms with E-state index in [9.17, 15) is 18.5 Å². The number of anilines is 1. The smallest absolute Gasteiger partial charge is 0.410 e. The van der Waals surface area contributed by atoms with Crippen molar-refractivity contribution >= 4 is 33.3 Å². The molecule has 3 heterocycles. The molecule has 152 valence electrons. The number of piperazine rings is 1. The molecule has 2 bridgehead atoms. The van der Waals surface area contributed by atoms with Crippen molar-refractivity contribution in [1.82, 2.24) is 14.9 Å². The molecule has 0 spiro atoms. The van der Waals surface area contributed by atoms with Gasteiger partial charge in [0.2, 0.25) is 15.0 Å². The molecule has 1 aromatic rings. The fourth-order valence-electron chi connectivity index (χ4n) is 3.58. The average Bonchev–Trinajstić information content (AvgIpc) is 2.82. The van der Waals surface area contributed by atoms with Crippen molar-refractivity contribution in [2.45, 2.75) is 56.5 Å². The van der Waals surface area contributed by atoms with Crippen LogP contribution in [0.1, 0.15) is 39.2 Å². The summed E-state index contributed by atoms with van der Waals surface area (Å²) >= 11 is 6.05. The van der Waals surface area contributed by atoms with E-state index in [1.165, 1.54) is 0 Å². The number of hydrogen-bond acceptors (Lipinski definition) is 8. The van der Waals surface area contributed by atoms with Crippen LogP contribution in [-0.2, 0) is 14.6 Å². The van der Waals surface area contributed by atoms with Gasteiger partial charge in [-0.05, 0) is 33.6 Å². The van der Waals surface area contributed by atoms with E-state index >= 15 is 0 Å². The maximum atomic E-state index is 12.6. The van der Waals surface area contributed by atoms with Crippen LogP contribution in [0.3, 0.4) is 0 Å². The summed E-state index contributed by atoms with van der Waals surface area (Å²) in [6.07, 6.45) is 2.20. The van der Waals surface area contributed by atoms with Crippen molar-refractivity contribution in [2.24, 2.45) is 0 Å². The van der Waals surface area contributed by atoms with E-state index in [0.717, 1.165) is 19.1 Å². The Labute approximate surface area is 169 Å². The monoisotopic (exact) mass is 427 g/mol. The van der Waals surface area contributed by atoms with Crippen LogP contribution in [0.5, 0.6) is 0 Å². The Morgan fingerprint density at radius 1 is 1.25 bits per heavy atom. The van der Waals surface area contributed by atoms with Gasteiger partial charge in [-0.2, -0.15) is 10.2 Å². The first-order valence-electron chi connectivity index (χ1n) is 8.84. The minimum atomic E-state index is -3.69. The van der Waals surface area contributed by atoms with E-state index in [-0.39, 0.29) is 34.7 Å². The van der Waals surface area contributed by atoms with Gasteiger partial charge in [-0.1, -0.05) is 11.6 Å². The largest absolute Gasteiger partial charge is 0.444 e. The molecule has 2 atom stereocenters. The van der Waals surface area contributed by atoms with Gasteiger partial charge in [0.1, 0.15) is 17.2 Å². The molecular weight excluding hydrogens is 406 g/mol. The lowest BCUT2D eigenvalue weighted by Gasteiger charge is -2.42. The van der Waals surface area contributed by atoms with E-state index in [1.54, 1.807) is 4.90 Å². The second-order valence-corrected chi connectivity index (χ2v) is 10.3. The van der Waals surface area contributed by atoms with Crippen LogP contribution >= 0.6 is 11.6 Å². The average molecular weight is 428 g/mol. The molecule has 2 aliphatic heterocycles. The zero-order valence-corrected chi connectivity index (χ0v) is 17.7. The molecule has 0 aromatic carbocycles. The third-order valence-electron chi connectivity index (χ3n) is 4.65. The van der Waals surface area contributed by atoms with E-state index in [1.807, 2.05) is 31.7 Å². The fraction of sp³-hybridized carbons (Fsp3) is 0.647. The Balaban J connectivity index is 1.92. The summed E-state index contributed by atoms with van der Waals surface area (Å²) in [5.74, 6) is 0.184. The van der Waals surface area contributed by atoms with Gasteiger partial charge in [0.25, 0.3) is 0 Å². The molecule has 9 nitrogen and oxygen atoms in total. The first kappa shape index (κ1) is 20.6. The van der Waals surface area contributed by atoms with Crippen molar-refractivity contribution in [1.29, 1.82) is 5.26 Å². The number of sulfone groups is 1. The molecule has 0 unspecified atom stereocenters. The molecule has 11 heteroatoms. The minimum Gasteiger partial charge on any atom is -0.444 e. The maximum Gasteiger partial charge on any atom is 0.410 e. The van der Waals surface area contributed by atoms with E-state index < -0.39 is 20.6 Å². The minimum absolute atomic E-state index is 0.0270. The van der Waals surface area contributed by atoms with Crippen LogP contribution in [0.2, 0.25) is 5.15 Å². The van der Waals surface area contributed by atoms with Crippen LogP contribution < -0.4 is 4.90 Å².